The Morgan fingerprint density at radius 1 is 1.55 bits per heavy atom. The van der Waals surface area contributed by atoms with Gasteiger partial charge in [0.1, 0.15) is 0 Å². The molecule has 0 aromatic carbocycles. The van der Waals surface area contributed by atoms with Crippen LogP contribution in [0.2, 0.25) is 0 Å². The van der Waals surface area contributed by atoms with Gasteiger partial charge in [-0.2, -0.15) is 11.8 Å². The van der Waals surface area contributed by atoms with Crippen molar-refractivity contribution in [2.45, 2.75) is 50.6 Å². The summed E-state index contributed by atoms with van der Waals surface area (Å²) in [5.41, 5.74) is 6.03. The highest BCUT2D eigenvalue weighted by molar-refractivity contribution is 7.98. The Morgan fingerprint density at radius 2 is 2.25 bits per heavy atom. The van der Waals surface area contributed by atoms with E-state index in [2.05, 4.69) is 31.2 Å². The first-order valence-corrected chi connectivity index (χ1v) is 9.00. The van der Waals surface area contributed by atoms with E-state index in [4.69, 9.17) is 5.73 Å². The summed E-state index contributed by atoms with van der Waals surface area (Å²) in [5.74, 6) is 1.66. The zero-order valence-corrected chi connectivity index (χ0v) is 14.3. The molecule has 1 aliphatic rings. The summed E-state index contributed by atoms with van der Waals surface area (Å²) >= 11 is 1.73. The first-order valence-electron chi connectivity index (χ1n) is 7.61. The minimum absolute atomic E-state index is 0.00139. The van der Waals surface area contributed by atoms with Crippen LogP contribution in [0.4, 0.5) is 0 Å². The number of likely N-dealkylation sites (N-methyl/N-ethyl adjacent to an activating group) is 1. The van der Waals surface area contributed by atoms with Crippen molar-refractivity contribution in [1.82, 2.24) is 10.2 Å². The molecule has 0 aromatic rings. The van der Waals surface area contributed by atoms with Gasteiger partial charge in [0.05, 0.1) is 6.04 Å². The van der Waals surface area contributed by atoms with E-state index in [1.807, 2.05) is 6.26 Å². The lowest BCUT2D eigenvalue weighted by atomic mass is 9.75. The van der Waals surface area contributed by atoms with Gasteiger partial charge in [-0.15, -0.1) is 0 Å². The van der Waals surface area contributed by atoms with Crippen molar-refractivity contribution < 1.29 is 4.79 Å². The van der Waals surface area contributed by atoms with E-state index >= 15 is 0 Å². The van der Waals surface area contributed by atoms with Crippen LogP contribution in [0.3, 0.4) is 0 Å². The van der Waals surface area contributed by atoms with E-state index in [0.29, 0.717) is 0 Å². The molecule has 1 aliphatic carbocycles. The molecule has 0 bridgehead atoms. The van der Waals surface area contributed by atoms with Gasteiger partial charge in [0.15, 0.2) is 0 Å². The third-order valence-corrected chi connectivity index (χ3v) is 5.22. The van der Waals surface area contributed by atoms with Gasteiger partial charge in [-0.3, -0.25) is 4.79 Å². The van der Waals surface area contributed by atoms with Crippen molar-refractivity contribution in [2.24, 2.45) is 11.7 Å². The van der Waals surface area contributed by atoms with Gasteiger partial charge in [0.25, 0.3) is 0 Å². The number of nitrogens with zero attached hydrogens (tertiary/aromatic N) is 1. The van der Waals surface area contributed by atoms with Gasteiger partial charge in [0, 0.05) is 12.1 Å². The number of carbonyl (C=O) groups is 1. The number of hydrogen-bond acceptors (Lipinski definition) is 4. The number of thioether (sulfide) groups is 1. The minimum atomic E-state index is -0.373. The highest BCUT2D eigenvalue weighted by Crippen LogP contribution is 2.35. The number of carbonyl (C=O) groups excluding carboxylic acids is 1. The Labute approximate surface area is 128 Å². The topological polar surface area (TPSA) is 58.4 Å². The first-order chi connectivity index (χ1) is 9.41. The summed E-state index contributed by atoms with van der Waals surface area (Å²) in [6.45, 7) is 3.03. The second kappa shape index (κ2) is 8.25. The Morgan fingerprint density at radius 3 is 2.80 bits per heavy atom. The van der Waals surface area contributed by atoms with Crippen molar-refractivity contribution in [3.63, 3.8) is 0 Å². The van der Waals surface area contributed by atoms with Gasteiger partial charge in [0.2, 0.25) is 5.91 Å². The molecule has 118 valence electrons. The van der Waals surface area contributed by atoms with Crippen LogP contribution < -0.4 is 11.1 Å². The molecule has 4 nitrogen and oxygen atoms in total. The van der Waals surface area contributed by atoms with Gasteiger partial charge >= 0.3 is 0 Å². The van der Waals surface area contributed by atoms with Crippen LogP contribution in [0, 0.1) is 5.92 Å². The Balaban J connectivity index is 2.52. The lowest BCUT2D eigenvalue weighted by Crippen LogP contribution is -2.56. The summed E-state index contributed by atoms with van der Waals surface area (Å²) in [5, 5.41) is 3.09. The van der Waals surface area contributed by atoms with Crippen LogP contribution in [-0.2, 0) is 4.79 Å². The van der Waals surface area contributed by atoms with Crippen molar-refractivity contribution in [3.05, 3.63) is 0 Å². The normalized spacial score (nSPS) is 28.4. The third kappa shape index (κ3) is 4.93. The maximum Gasteiger partial charge on any atom is 0.237 e. The highest BCUT2D eigenvalue weighted by Gasteiger charge is 2.37. The van der Waals surface area contributed by atoms with E-state index in [-0.39, 0.29) is 17.5 Å². The van der Waals surface area contributed by atoms with Crippen LogP contribution in [-0.4, -0.2) is 55.0 Å². The van der Waals surface area contributed by atoms with Crippen LogP contribution in [0.5, 0.6) is 0 Å². The second-order valence-corrected chi connectivity index (χ2v) is 7.41. The standard InChI is InChI=1S/C15H31N3OS/c1-12-6-5-8-15(10-12,18(2)3)11-17-14(19)13(16)7-9-20-4/h12-13H,5-11,16H2,1-4H3,(H,17,19)/t12?,13-,15?/m0/s1. The predicted molar refractivity (Wildman–Crippen MR) is 88.0 cm³/mol. The quantitative estimate of drug-likeness (QED) is 0.751. The Bertz CT molecular complexity index is 311. The fourth-order valence-electron chi connectivity index (χ4n) is 3.12. The van der Waals surface area contributed by atoms with Gasteiger partial charge in [-0.1, -0.05) is 19.8 Å². The zero-order valence-electron chi connectivity index (χ0n) is 13.4. The maximum atomic E-state index is 12.1. The molecular formula is C15H31N3OS. The molecule has 0 aromatic heterocycles. The fraction of sp³-hybridized carbons (Fsp3) is 0.933. The monoisotopic (exact) mass is 301 g/mol. The number of nitrogens with two attached hydrogens (primary N) is 1. The Kier molecular flexibility index (Phi) is 7.34. The zero-order chi connectivity index (χ0) is 15.2. The molecule has 20 heavy (non-hydrogen) atoms. The van der Waals surface area contributed by atoms with E-state index in [1.54, 1.807) is 11.8 Å². The lowest BCUT2D eigenvalue weighted by molar-refractivity contribution is -0.123. The lowest BCUT2D eigenvalue weighted by Gasteiger charge is -2.45. The predicted octanol–water partition coefficient (Wildman–Crippen LogP) is 1.69. The third-order valence-electron chi connectivity index (χ3n) is 4.58. The summed E-state index contributed by atoms with van der Waals surface area (Å²) in [6, 6.07) is -0.373. The number of rotatable bonds is 7. The maximum absolute atomic E-state index is 12.1. The van der Waals surface area contributed by atoms with E-state index in [0.717, 1.165) is 37.5 Å². The molecule has 1 fully saturated rings. The fourth-order valence-corrected chi connectivity index (χ4v) is 3.61. The summed E-state index contributed by atoms with van der Waals surface area (Å²) in [6.07, 6.45) is 7.64. The van der Waals surface area contributed by atoms with Gasteiger partial charge in [-0.05, 0) is 51.3 Å². The van der Waals surface area contributed by atoms with Crippen LogP contribution in [0.1, 0.15) is 39.0 Å². The van der Waals surface area contributed by atoms with Crippen LogP contribution >= 0.6 is 11.8 Å². The van der Waals surface area contributed by atoms with Crippen molar-refractivity contribution in [3.8, 4) is 0 Å². The summed E-state index contributed by atoms with van der Waals surface area (Å²) in [4.78, 5) is 14.4. The summed E-state index contributed by atoms with van der Waals surface area (Å²) < 4.78 is 0. The van der Waals surface area contributed by atoms with E-state index < -0.39 is 0 Å². The molecule has 0 radical (unpaired) electrons. The van der Waals surface area contributed by atoms with Crippen molar-refractivity contribution >= 4 is 17.7 Å². The molecule has 0 saturated heterocycles. The van der Waals surface area contributed by atoms with Crippen LogP contribution in [0.25, 0.3) is 0 Å². The smallest absolute Gasteiger partial charge is 0.237 e. The molecule has 3 atom stereocenters. The molecule has 0 aliphatic heterocycles. The number of nitrogens with one attached hydrogen (secondary N) is 1. The average Bonchev–Trinajstić information content (AvgIpc) is 2.41. The molecular weight excluding hydrogens is 270 g/mol. The molecule has 5 heteroatoms. The first kappa shape index (κ1) is 17.8. The van der Waals surface area contributed by atoms with Crippen LogP contribution in [0.15, 0.2) is 0 Å². The molecule has 1 saturated carbocycles. The highest BCUT2D eigenvalue weighted by atomic mass is 32.2. The van der Waals surface area contributed by atoms with E-state index in [1.165, 1.54) is 12.8 Å². The average molecular weight is 302 g/mol. The molecule has 1 rings (SSSR count). The summed E-state index contributed by atoms with van der Waals surface area (Å²) in [7, 11) is 4.25. The van der Waals surface area contributed by atoms with Gasteiger partial charge < -0.3 is 16.0 Å². The molecule has 0 heterocycles. The molecule has 3 N–H and O–H groups in total. The van der Waals surface area contributed by atoms with E-state index in [9.17, 15) is 4.79 Å². The number of amides is 1. The Hall–Kier alpha value is -0.260. The van der Waals surface area contributed by atoms with Crippen molar-refractivity contribution in [1.29, 1.82) is 0 Å². The minimum Gasteiger partial charge on any atom is -0.353 e. The molecule has 1 amide bonds. The number of hydrogen-bond donors (Lipinski definition) is 2. The molecule has 0 spiro atoms. The molecule has 2 unspecified atom stereocenters. The largest absolute Gasteiger partial charge is 0.353 e. The van der Waals surface area contributed by atoms with Crippen molar-refractivity contribution in [2.75, 3.05) is 32.6 Å². The SMILES string of the molecule is CSCC[C@H](N)C(=O)NCC1(N(C)C)CCCC(C)C1. The second-order valence-electron chi connectivity index (χ2n) is 6.43. The van der Waals surface area contributed by atoms with Gasteiger partial charge in [-0.25, -0.2) is 0 Å².